The second-order valence-corrected chi connectivity index (χ2v) is 3.00. The van der Waals surface area contributed by atoms with Crippen LogP contribution >= 0.6 is 0 Å². The third-order valence-corrected chi connectivity index (χ3v) is 1.49. The van der Waals surface area contributed by atoms with E-state index in [0.717, 1.165) is 19.3 Å². The molecule has 0 aromatic rings. The quantitative estimate of drug-likeness (QED) is 0.390. The third-order valence-electron chi connectivity index (χ3n) is 1.49. The van der Waals surface area contributed by atoms with E-state index in [1.807, 2.05) is 6.08 Å². The highest BCUT2D eigenvalue weighted by atomic mass is 16.5. The molecule has 13 heavy (non-hydrogen) atoms. The fourth-order valence-corrected chi connectivity index (χ4v) is 0.873. The molecule has 1 N–H and O–H groups in total. The Morgan fingerprint density at radius 1 is 1.54 bits per heavy atom. The zero-order valence-corrected chi connectivity index (χ0v) is 8.32. The molecule has 0 aliphatic heterocycles. The SMILES string of the molecule is CC(=O)OCCCC/C=C/C(C)O. The van der Waals surface area contributed by atoms with Crippen LogP contribution in [0, 0.1) is 0 Å². The molecule has 76 valence electrons. The van der Waals surface area contributed by atoms with Gasteiger partial charge >= 0.3 is 5.97 Å². The predicted octanol–water partition coefficient (Wildman–Crippen LogP) is 1.66. The van der Waals surface area contributed by atoms with Crippen molar-refractivity contribution in [1.29, 1.82) is 0 Å². The molecule has 0 aliphatic rings. The van der Waals surface area contributed by atoms with Crippen LogP contribution in [0.15, 0.2) is 12.2 Å². The van der Waals surface area contributed by atoms with Gasteiger partial charge in [0.05, 0.1) is 12.7 Å². The van der Waals surface area contributed by atoms with Crippen molar-refractivity contribution < 1.29 is 14.6 Å². The van der Waals surface area contributed by atoms with E-state index in [4.69, 9.17) is 9.84 Å². The molecule has 1 unspecified atom stereocenters. The first-order chi connectivity index (χ1) is 6.13. The number of carbonyl (C=O) groups excluding carboxylic acids is 1. The van der Waals surface area contributed by atoms with Crippen molar-refractivity contribution >= 4 is 5.97 Å². The highest BCUT2D eigenvalue weighted by molar-refractivity contribution is 5.65. The molecule has 3 nitrogen and oxygen atoms in total. The van der Waals surface area contributed by atoms with Crippen molar-refractivity contribution in [2.24, 2.45) is 0 Å². The minimum absolute atomic E-state index is 0.223. The number of unbranched alkanes of at least 4 members (excludes halogenated alkanes) is 2. The van der Waals surface area contributed by atoms with Crippen molar-refractivity contribution in [3.63, 3.8) is 0 Å². The Morgan fingerprint density at radius 2 is 2.23 bits per heavy atom. The van der Waals surface area contributed by atoms with Crippen molar-refractivity contribution in [1.82, 2.24) is 0 Å². The molecule has 0 spiro atoms. The van der Waals surface area contributed by atoms with Gasteiger partial charge in [-0.2, -0.15) is 0 Å². The molecular weight excluding hydrogens is 168 g/mol. The van der Waals surface area contributed by atoms with Gasteiger partial charge in [-0.1, -0.05) is 12.2 Å². The predicted molar refractivity (Wildman–Crippen MR) is 51.3 cm³/mol. The number of aliphatic hydroxyl groups is 1. The first-order valence-electron chi connectivity index (χ1n) is 4.61. The van der Waals surface area contributed by atoms with Crippen molar-refractivity contribution in [3.05, 3.63) is 12.2 Å². The second-order valence-electron chi connectivity index (χ2n) is 3.00. The van der Waals surface area contributed by atoms with Gasteiger partial charge < -0.3 is 9.84 Å². The van der Waals surface area contributed by atoms with Crippen LogP contribution in [0.5, 0.6) is 0 Å². The normalized spacial score (nSPS) is 13.2. The van der Waals surface area contributed by atoms with Crippen LogP contribution in [0.3, 0.4) is 0 Å². The van der Waals surface area contributed by atoms with E-state index >= 15 is 0 Å². The summed E-state index contributed by atoms with van der Waals surface area (Å²) in [6.45, 7) is 3.63. The topological polar surface area (TPSA) is 46.5 Å². The number of aliphatic hydroxyl groups excluding tert-OH is 1. The molecule has 0 amide bonds. The molecule has 0 aromatic heterocycles. The van der Waals surface area contributed by atoms with Gasteiger partial charge in [0.25, 0.3) is 0 Å². The summed E-state index contributed by atoms with van der Waals surface area (Å²) >= 11 is 0. The lowest BCUT2D eigenvalue weighted by atomic mass is 10.2. The third kappa shape index (κ3) is 11.2. The highest BCUT2D eigenvalue weighted by Crippen LogP contribution is 1.98. The summed E-state index contributed by atoms with van der Waals surface area (Å²) in [6.07, 6.45) is 6.12. The van der Waals surface area contributed by atoms with Crippen LogP contribution in [0.2, 0.25) is 0 Å². The van der Waals surface area contributed by atoms with Gasteiger partial charge in [-0.05, 0) is 26.2 Å². The summed E-state index contributed by atoms with van der Waals surface area (Å²) in [5.41, 5.74) is 0. The molecule has 0 saturated heterocycles. The maximum Gasteiger partial charge on any atom is 0.302 e. The molecule has 0 heterocycles. The summed E-state index contributed by atoms with van der Waals surface area (Å²) in [7, 11) is 0. The standard InChI is InChI=1S/C10H18O3/c1-9(11)7-5-3-4-6-8-13-10(2)12/h5,7,9,11H,3-4,6,8H2,1-2H3/b7-5+. The van der Waals surface area contributed by atoms with E-state index in [1.54, 1.807) is 13.0 Å². The maximum atomic E-state index is 10.4. The Balaban J connectivity index is 3.12. The van der Waals surface area contributed by atoms with Gasteiger partial charge in [-0.15, -0.1) is 0 Å². The molecule has 0 radical (unpaired) electrons. The first kappa shape index (κ1) is 12.2. The Morgan fingerprint density at radius 3 is 2.77 bits per heavy atom. The largest absolute Gasteiger partial charge is 0.466 e. The van der Waals surface area contributed by atoms with Crippen molar-refractivity contribution in [2.45, 2.75) is 39.2 Å². The molecule has 1 atom stereocenters. The average molecular weight is 186 g/mol. The van der Waals surface area contributed by atoms with Crippen LogP contribution in [-0.4, -0.2) is 23.8 Å². The summed E-state index contributed by atoms with van der Waals surface area (Å²) in [5.74, 6) is -0.223. The first-order valence-corrected chi connectivity index (χ1v) is 4.61. The number of rotatable bonds is 6. The lowest BCUT2D eigenvalue weighted by Gasteiger charge is -1.99. The van der Waals surface area contributed by atoms with E-state index < -0.39 is 0 Å². The smallest absolute Gasteiger partial charge is 0.302 e. The fourth-order valence-electron chi connectivity index (χ4n) is 0.873. The Kier molecular flexibility index (Phi) is 7.30. The van der Waals surface area contributed by atoms with Crippen LogP contribution < -0.4 is 0 Å². The zero-order chi connectivity index (χ0) is 10.1. The Labute approximate surface area is 79.4 Å². The van der Waals surface area contributed by atoms with Gasteiger partial charge in [0.15, 0.2) is 0 Å². The maximum absolute atomic E-state index is 10.4. The lowest BCUT2D eigenvalue weighted by Crippen LogP contribution is -1.99. The molecule has 0 fully saturated rings. The van der Waals surface area contributed by atoms with E-state index in [9.17, 15) is 4.79 Å². The van der Waals surface area contributed by atoms with Crippen molar-refractivity contribution in [2.75, 3.05) is 6.61 Å². The summed E-state index contributed by atoms with van der Waals surface area (Å²) in [6, 6.07) is 0. The lowest BCUT2D eigenvalue weighted by molar-refractivity contribution is -0.141. The monoisotopic (exact) mass is 186 g/mol. The van der Waals surface area contributed by atoms with Crippen LogP contribution in [0.1, 0.15) is 33.1 Å². The Hall–Kier alpha value is -0.830. The minimum atomic E-state index is -0.367. The molecular formula is C10H18O3. The molecule has 0 aromatic carbocycles. The minimum Gasteiger partial charge on any atom is -0.466 e. The summed E-state index contributed by atoms with van der Waals surface area (Å²) in [5, 5.41) is 8.87. The van der Waals surface area contributed by atoms with E-state index in [1.165, 1.54) is 6.92 Å². The van der Waals surface area contributed by atoms with Gasteiger partial charge in [0, 0.05) is 6.92 Å². The van der Waals surface area contributed by atoms with Gasteiger partial charge in [-0.25, -0.2) is 0 Å². The van der Waals surface area contributed by atoms with Crippen LogP contribution in [0.4, 0.5) is 0 Å². The van der Waals surface area contributed by atoms with Gasteiger partial charge in [0.1, 0.15) is 0 Å². The number of ether oxygens (including phenoxy) is 1. The molecule has 3 heteroatoms. The number of hydrogen-bond donors (Lipinski definition) is 1. The molecule has 0 bridgehead atoms. The van der Waals surface area contributed by atoms with E-state index in [0.29, 0.717) is 6.61 Å². The van der Waals surface area contributed by atoms with Gasteiger partial charge in [-0.3, -0.25) is 4.79 Å². The van der Waals surface area contributed by atoms with E-state index in [-0.39, 0.29) is 12.1 Å². The van der Waals surface area contributed by atoms with E-state index in [2.05, 4.69) is 0 Å². The number of esters is 1. The Bertz CT molecular complexity index is 162. The highest BCUT2D eigenvalue weighted by Gasteiger charge is 1.91. The number of allylic oxidation sites excluding steroid dienone is 1. The average Bonchev–Trinajstić information content (AvgIpc) is 2.01. The number of hydrogen-bond acceptors (Lipinski definition) is 3. The molecule has 0 saturated carbocycles. The molecule has 0 aliphatic carbocycles. The van der Waals surface area contributed by atoms with Gasteiger partial charge in [0.2, 0.25) is 0 Å². The van der Waals surface area contributed by atoms with Crippen molar-refractivity contribution in [3.8, 4) is 0 Å². The summed E-state index contributed by atoms with van der Waals surface area (Å²) < 4.78 is 4.76. The second kappa shape index (κ2) is 7.80. The molecule has 0 rings (SSSR count). The number of carbonyl (C=O) groups is 1. The zero-order valence-electron chi connectivity index (χ0n) is 8.32. The summed E-state index contributed by atoms with van der Waals surface area (Å²) in [4.78, 5) is 10.4. The van der Waals surface area contributed by atoms with Crippen LogP contribution in [-0.2, 0) is 9.53 Å². The fraction of sp³-hybridized carbons (Fsp3) is 0.700. The van der Waals surface area contributed by atoms with Crippen LogP contribution in [0.25, 0.3) is 0 Å².